The van der Waals surface area contributed by atoms with Crippen molar-refractivity contribution in [2.24, 2.45) is 0 Å². The number of carbonyl (C=O) groups excluding carboxylic acids is 1. The fraction of sp³-hybridized carbons (Fsp3) is 0.240. The molecule has 5 rings (SSSR count). The van der Waals surface area contributed by atoms with Gasteiger partial charge >= 0.3 is 6.18 Å². The highest BCUT2D eigenvalue weighted by molar-refractivity contribution is 7.99. The number of hydrogen-bond acceptors (Lipinski definition) is 5. The van der Waals surface area contributed by atoms with E-state index in [1.54, 1.807) is 6.07 Å². The van der Waals surface area contributed by atoms with Gasteiger partial charge in [-0.2, -0.15) is 13.2 Å². The number of aryl methyl sites for hydroxylation is 2. The predicted molar refractivity (Wildman–Crippen MR) is 138 cm³/mol. The molecule has 4 nitrogen and oxygen atoms in total. The van der Waals surface area contributed by atoms with Gasteiger partial charge in [-0.1, -0.05) is 41.0 Å². The van der Waals surface area contributed by atoms with Gasteiger partial charge in [0.15, 0.2) is 10.9 Å². The molecule has 4 aromatic rings. The van der Waals surface area contributed by atoms with Crippen molar-refractivity contribution >= 4 is 62.3 Å². The molecule has 2 aromatic carbocycles. The maximum Gasteiger partial charge on any atom is 0.416 e. The average molecular weight is 569 g/mol. The first-order valence-corrected chi connectivity index (χ1v) is 13.6. The number of ketones is 1. The highest BCUT2D eigenvalue weighted by Crippen LogP contribution is 2.36. The first kappa shape index (κ1) is 25.3. The van der Waals surface area contributed by atoms with Crippen molar-refractivity contribution in [2.75, 3.05) is 5.75 Å². The number of fused-ring (bicyclic) bond motifs is 3. The van der Waals surface area contributed by atoms with Crippen LogP contribution in [0.2, 0.25) is 10.0 Å². The number of nitrogens with zero attached hydrogens (tertiary/aromatic N) is 2. The number of hydrogen-bond donors (Lipinski definition) is 0. The highest BCUT2D eigenvalue weighted by Gasteiger charge is 2.31. The Morgan fingerprint density at radius 2 is 1.89 bits per heavy atom. The zero-order valence-electron chi connectivity index (χ0n) is 18.5. The van der Waals surface area contributed by atoms with E-state index in [9.17, 15) is 22.8 Å². The Bertz CT molecular complexity index is 1560. The van der Waals surface area contributed by atoms with Crippen LogP contribution < -0.4 is 5.56 Å². The van der Waals surface area contributed by atoms with Crippen LogP contribution in [0.1, 0.15) is 39.2 Å². The number of halogens is 5. The third-order valence-electron chi connectivity index (χ3n) is 5.95. The van der Waals surface area contributed by atoms with E-state index < -0.39 is 17.3 Å². The second-order valence-corrected chi connectivity index (χ2v) is 11.2. The van der Waals surface area contributed by atoms with E-state index in [1.165, 1.54) is 40.2 Å². The minimum absolute atomic E-state index is 0.0412. The normalized spacial score (nSPS) is 13.7. The summed E-state index contributed by atoms with van der Waals surface area (Å²) in [6.07, 6.45) is -1.05. The van der Waals surface area contributed by atoms with Crippen molar-refractivity contribution in [1.29, 1.82) is 0 Å². The number of aromatic nitrogens is 2. The van der Waals surface area contributed by atoms with Crippen LogP contribution in [-0.2, 0) is 19.0 Å². The smallest absolute Gasteiger partial charge is 0.293 e. The molecule has 186 valence electrons. The van der Waals surface area contributed by atoms with Gasteiger partial charge in [0.05, 0.1) is 27.4 Å². The van der Waals surface area contributed by atoms with Crippen molar-refractivity contribution in [2.45, 2.75) is 37.0 Å². The summed E-state index contributed by atoms with van der Waals surface area (Å²) in [5.74, 6) is -0.444. The van der Waals surface area contributed by atoms with Gasteiger partial charge < -0.3 is 0 Å². The number of carbonyl (C=O) groups is 1. The molecule has 1 aliphatic carbocycles. The third kappa shape index (κ3) is 4.81. The van der Waals surface area contributed by atoms with Gasteiger partial charge in [-0.05, 0) is 67.6 Å². The Labute approximate surface area is 222 Å². The van der Waals surface area contributed by atoms with Gasteiger partial charge in [-0.25, -0.2) is 4.98 Å². The Morgan fingerprint density at radius 3 is 2.64 bits per heavy atom. The Morgan fingerprint density at radius 1 is 1.11 bits per heavy atom. The molecule has 0 spiro atoms. The molecule has 0 radical (unpaired) electrons. The van der Waals surface area contributed by atoms with Gasteiger partial charge in [0.2, 0.25) is 0 Å². The molecule has 0 N–H and O–H groups in total. The molecular formula is C25H17Cl2F3N2O2S2. The standard InChI is InChI=1S/C25H17Cl2F3N2O2S2/c26-14-8-9-16(18(27)11-14)19(33)12-35-24-31-22-21(17-6-1-2-7-20(17)36-22)23(34)32(24)15-5-3-4-13(10-15)25(28,29)30/h3-5,8-11H,1-2,6-7,12H2. The van der Waals surface area contributed by atoms with E-state index in [0.717, 1.165) is 60.0 Å². The highest BCUT2D eigenvalue weighted by atomic mass is 35.5. The summed E-state index contributed by atoms with van der Waals surface area (Å²) in [4.78, 5) is 32.9. The van der Waals surface area contributed by atoms with Crippen LogP contribution in [0.15, 0.2) is 52.4 Å². The second-order valence-electron chi connectivity index (χ2n) is 8.31. The summed E-state index contributed by atoms with van der Waals surface area (Å²) < 4.78 is 41.5. The van der Waals surface area contributed by atoms with Crippen LogP contribution in [-0.4, -0.2) is 21.1 Å². The molecule has 2 aromatic heterocycles. The lowest BCUT2D eigenvalue weighted by molar-refractivity contribution is -0.137. The van der Waals surface area contributed by atoms with Crippen LogP contribution in [0, 0.1) is 0 Å². The van der Waals surface area contributed by atoms with E-state index in [-0.39, 0.29) is 33.0 Å². The maximum atomic E-state index is 13.8. The summed E-state index contributed by atoms with van der Waals surface area (Å²) in [6, 6.07) is 9.08. The second kappa shape index (κ2) is 9.85. The predicted octanol–water partition coefficient (Wildman–Crippen LogP) is 7.63. The van der Waals surface area contributed by atoms with Gasteiger partial charge in [0, 0.05) is 15.5 Å². The lowest BCUT2D eigenvalue weighted by Crippen LogP contribution is -2.23. The number of benzene rings is 2. The molecule has 0 unspecified atom stereocenters. The van der Waals surface area contributed by atoms with Crippen LogP contribution >= 0.6 is 46.3 Å². The van der Waals surface area contributed by atoms with Crippen LogP contribution in [0.5, 0.6) is 0 Å². The molecule has 0 bridgehead atoms. The molecule has 2 heterocycles. The fourth-order valence-electron chi connectivity index (χ4n) is 4.26. The molecule has 1 aliphatic rings. The number of thiophene rings is 1. The maximum absolute atomic E-state index is 13.8. The Hall–Kier alpha value is -2.33. The number of thioether (sulfide) groups is 1. The Kier molecular flexibility index (Phi) is 6.93. The zero-order chi connectivity index (χ0) is 25.6. The minimum Gasteiger partial charge on any atom is -0.293 e. The summed E-state index contributed by atoms with van der Waals surface area (Å²) in [7, 11) is 0. The zero-order valence-corrected chi connectivity index (χ0v) is 21.6. The van der Waals surface area contributed by atoms with Crippen LogP contribution in [0.4, 0.5) is 13.2 Å². The molecule has 0 saturated heterocycles. The van der Waals surface area contributed by atoms with Crippen molar-refractivity contribution < 1.29 is 18.0 Å². The summed E-state index contributed by atoms with van der Waals surface area (Å²) >= 11 is 14.5. The molecule has 36 heavy (non-hydrogen) atoms. The lowest BCUT2D eigenvalue weighted by Gasteiger charge is -2.15. The first-order chi connectivity index (χ1) is 17.1. The largest absolute Gasteiger partial charge is 0.416 e. The molecule has 0 saturated carbocycles. The Balaban J connectivity index is 1.62. The van der Waals surface area contributed by atoms with E-state index in [0.29, 0.717) is 15.2 Å². The molecule has 0 atom stereocenters. The SMILES string of the molecule is O=C(CSc1nc2sc3c(c2c(=O)n1-c1cccc(C(F)(F)F)c1)CCCC3)c1ccc(Cl)cc1Cl. The van der Waals surface area contributed by atoms with Gasteiger partial charge in [0.25, 0.3) is 5.56 Å². The van der Waals surface area contributed by atoms with E-state index in [1.807, 2.05) is 0 Å². The molecule has 0 aliphatic heterocycles. The van der Waals surface area contributed by atoms with Gasteiger partial charge in [0.1, 0.15) is 4.83 Å². The van der Waals surface area contributed by atoms with E-state index in [2.05, 4.69) is 4.98 Å². The molecule has 0 fully saturated rings. The lowest BCUT2D eigenvalue weighted by atomic mass is 9.97. The van der Waals surface area contributed by atoms with Crippen molar-refractivity contribution in [3.05, 3.63) is 84.4 Å². The summed E-state index contributed by atoms with van der Waals surface area (Å²) in [5, 5.41) is 1.17. The summed E-state index contributed by atoms with van der Waals surface area (Å²) in [6.45, 7) is 0. The van der Waals surface area contributed by atoms with Gasteiger partial charge in [-0.3, -0.25) is 14.2 Å². The third-order valence-corrected chi connectivity index (χ3v) is 8.63. The molecule has 11 heteroatoms. The van der Waals surface area contributed by atoms with E-state index in [4.69, 9.17) is 23.2 Å². The fourth-order valence-corrected chi connectivity index (χ4v) is 6.97. The number of alkyl halides is 3. The number of rotatable bonds is 5. The van der Waals surface area contributed by atoms with Crippen LogP contribution in [0.3, 0.4) is 0 Å². The minimum atomic E-state index is -4.58. The molecular weight excluding hydrogens is 552 g/mol. The average Bonchev–Trinajstić information content (AvgIpc) is 3.21. The van der Waals surface area contributed by atoms with E-state index >= 15 is 0 Å². The van der Waals surface area contributed by atoms with Crippen LogP contribution in [0.25, 0.3) is 15.9 Å². The van der Waals surface area contributed by atoms with Gasteiger partial charge in [-0.15, -0.1) is 11.3 Å². The number of Topliss-reactive ketones (excluding diaryl/α,β-unsaturated/α-hetero) is 1. The van der Waals surface area contributed by atoms with Crippen molar-refractivity contribution in [1.82, 2.24) is 9.55 Å². The molecule has 0 amide bonds. The summed E-state index contributed by atoms with van der Waals surface area (Å²) in [5.41, 5.74) is -0.0776. The van der Waals surface area contributed by atoms with Crippen molar-refractivity contribution in [3.63, 3.8) is 0 Å². The monoisotopic (exact) mass is 568 g/mol. The van der Waals surface area contributed by atoms with Crippen molar-refractivity contribution in [3.8, 4) is 5.69 Å². The topological polar surface area (TPSA) is 52.0 Å². The first-order valence-electron chi connectivity index (χ1n) is 11.0. The quantitative estimate of drug-likeness (QED) is 0.141.